The van der Waals surface area contributed by atoms with Crippen LogP contribution in [0.25, 0.3) is 10.9 Å². The first-order valence-corrected chi connectivity index (χ1v) is 5.14. The maximum absolute atomic E-state index is 13.5. The summed E-state index contributed by atoms with van der Waals surface area (Å²) in [6.07, 6.45) is 1.60. The second-order valence-electron chi connectivity index (χ2n) is 4.90. The van der Waals surface area contributed by atoms with E-state index in [4.69, 9.17) is 0 Å². The van der Waals surface area contributed by atoms with Crippen LogP contribution in [0, 0.1) is 11.6 Å². The predicted octanol–water partition coefficient (Wildman–Crippen LogP) is 3.81. The van der Waals surface area contributed by atoms with Crippen LogP contribution in [0.4, 0.5) is 8.78 Å². The van der Waals surface area contributed by atoms with Crippen molar-refractivity contribution in [1.29, 1.82) is 0 Å². The summed E-state index contributed by atoms with van der Waals surface area (Å²) in [5.74, 6) is -0.924. The summed E-state index contributed by atoms with van der Waals surface area (Å²) in [6.45, 7) is 6.02. The monoisotopic (exact) mass is 221 g/mol. The third-order valence-corrected chi connectivity index (χ3v) is 2.61. The first kappa shape index (κ1) is 11.0. The van der Waals surface area contributed by atoms with Gasteiger partial charge in [-0.15, -0.1) is 0 Å². The summed E-state index contributed by atoms with van der Waals surface area (Å²) in [6, 6.07) is 3.90. The molecule has 0 saturated heterocycles. The van der Waals surface area contributed by atoms with Gasteiger partial charge in [0.05, 0.1) is 0 Å². The highest BCUT2D eigenvalue weighted by molar-refractivity contribution is 5.80. The quantitative estimate of drug-likeness (QED) is 0.659. The highest BCUT2D eigenvalue weighted by Gasteiger charge is 2.16. The van der Waals surface area contributed by atoms with Gasteiger partial charge in [-0.1, -0.05) is 20.8 Å². The Hall–Kier alpha value is -1.51. The van der Waals surface area contributed by atoms with Gasteiger partial charge >= 0.3 is 0 Å². The first-order chi connectivity index (χ1) is 7.39. The minimum Gasteiger partial charge on any atom is -0.253 e. The van der Waals surface area contributed by atoms with Crippen molar-refractivity contribution in [3.8, 4) is 0 Å². The molecule has 0 amide bonds. The average molecular weight is 221 g/mol. The largest absolute Gasteiger partial charge is 0.253 e. The van der Waals surface area contributed by atoms with Crippen LogP contribution in [0.15, 0.2) is 24.4 Å². The van der Waals surface area contributed by atoms with E-state index in [0.29, 0.717) is 0 Å². The fourth-order valence-corrected chi connectivity index (χ4v) is 1.56. The van der Waals surface area contributed by atoms with E-state index in [1.54, 1.807) is 12.3 Å². The zero-order chi connectivity index (χ0) is 11.9. The fraction of sp³-hybridized carbons (Fsp3) is 0.308. The summed E-state index contributed by atoms with van der Waals surface area (Å²) in [5.41, 5.74) is 0.859. The lowest BCUT2D eigenvalue weighted by molar-refractivity contribution is 0.585. The molecule has 84 valence electrons. The molecule has 0 radical (unpaired) electrons. The zero-order valence-corrected chi connectivity index (χ0v) is 9.51. The summed E-state index contributed by atoms with van der Waals surface area (Å²) in [7, 11) is 0. The van der Waals surface area contributed by atoms with E-state index in [2.05, 4.69) is 4.98 Å². The maximum Gasteiger partial charge on any atom is 0.149 e. The van der Waals surface area contributed by atoms with Crippen LogP contribution in [0.3, 0.4) is 0 Å². The molecule has 0 spiro atoms. The van der Waals surface area contributed by atoms with Crippen molar-refractivity contribution in [2.75, 3.05) is 0 Å². The number of rotatable bonds is 0. The predicted molar refractivity (Wildman–Crippen MR) is 60.4 cm³/mol. The van der Waals surface area contributed by atoms with Gasteiger partial charge in [0, 0.05) is 11.6 Å². The molecule has 2 rings (SSSR count). The lowest BCUT2D eigenvalue weighted by Crippen LogP contribution is -2.11. The van der Waals surface area contributed by atoms with Crippen molar-refractivity contribution >= 4 is 10.9 Å². The van der Waals surface area contributed by atoms with Crippen LogP contribution < -0.4 is 0 Å². The van der Waals surface area contributed by atoms with Gasteiger partial charge < -0.3 is 0 Å². The van der Waals surface area contributed by atoms with Crippen molar-refractivity contribution in [3.63, 3.8) is 0 Å². The van der Waals surface area contributed by atoms with Gasteiger partial charge in [0.2, 0.25) is 0 Å². The lowest BCUT2D eigenvalue weighted by atomic mass is 9.87. The Labute approximate surface area is 93.1 Å². The van der Waals surface area contributed by atoms with Crippen molar-refractivity contribution in [3.05, 3.63) is 41.6 Å². The minimum atomic E-state index is -0.489. The molecule has 0 aliphatic heterocycles. The molecule has 1 heterocycles. The fourth-order valence-electron chi connectivity index (χ4n) is 1.56. The van der Waals surface area contributed by atoms with E-state index in [0.717, 1.165) is 17.7 Å². The number of hydrogen-bond acceptors (Lipinski definition) is 1. The molecule has 0 saturated carbocycles. The van der Waals surface area contributed by atoms with Crippen molar-refractivity contribution < 1.29 is 8.78 Å². The lowest BCUT2D eigenvalue weighted by Gasteiger charge is -2.18. The van der Waals surface area contributed by atoms with E-state index in [1.807, 2.05) is 20.8 Å². The van der Waals surface area contributed by atoms with Crippen molar-refractivity contribution in [2.45, 2.75) is 26.2 Å². The zero-order valence-electron chi connectivity index (χ0n) is 9.51. The van der Waals surface area contributed by atoms with Gasteiger partial charge in [0.15, 0.2) is 0 Å². The second-order valence-corrected chi connectivity index (χ2v) is 4.90. The van der Waals surface area contributed by atoms with Crippen LogP contribution in [0.1, 0.15) is 26.3 Å². The highest BCUT2D eigenvalue weighted by Crippen LogP contribution is 2.26. The first-order valence-electron chi connectivity index (χ1n) is 5.14. The van der Waals surface area contributed by atoms with E-state index in [9.17, 15) is 8.78 Å². The van der Waals surface area contributed by atoms with Gasteiger partial charge in [-0.3, -0.25) is 4.98 Å². The van der Waals surface area contributed by atoms with Crippen LogP contribution in [0.2, 0.25) is 0 Å². The van der Waals surface area contributed by atoms with Gasteiger partial charge in [-0.05, 0) is 29.2 Å². The molecule has 1 aromatic heterocycles. The van der Waals surface area contributed by atoms with E-state index in [-0.39, 0.29) is 16.3 Å². The van der Waals surface area contributed by atoms with E-state index in [1.165, 1.54) is 0 Å². The third kappa shape index (κ3) is 1.77. The van der Waals surface area contributed by atoms with Gasteiger partial charge in [-0.2, -0.15) is 0 Å². The number of pyridine rings is 1. The molecule has 1 aromatic carbocycles. The molecule has 0 unspecified atom stereocenters. The molecule has 1 nitrogen and oxygen atoms in total. The molecule has 0 fully saturated rings. The van der Waals surface area contributed by atoms with Gasteiger partial charge in [0.1, 0.15) is 17.2 Å². The molecule has 0 atom stereocenters. The standard InChI is InChI=1S/C13H13F2N/c1-13(2,3)8-6-9-10(14)4-5-11(15)12(9)16-7-8/h4-7H,1-3H3. The Kier molecular flexibility index (Phi) is 2.41. The Balaban J connectivity index is 2.76. The summed E-state index contributed by atoms with van der Waals surface area (Å²) in [4.78, 5) is 3.99. The number of aromatic nitrogens is 1. The Morgan fingerprint density at radius 3 is 2.31 bits per heavy atom. The van der Waals surface area contributed by atoms with Crippen LogP contribution in [-0.4, -0.2) is 4.98 Å². The molecule has 16 heavy (non-hydrogen) atoms. The molecule has 0 aliphatic carbocycles. The van der Waals surface area contributed by atoms with E-state index >= 15 is 0 Å². The average Bonchev–Trinajstić information content (AvgIpc) is 2.22. The number of fused-ring (bicyclic) bond motifs is 1. The second kappa shape index (κ2) is 3.51. The molecule has 0 N–H and O–H groups in total. The number of nitrogens with zero attached hydrogens (tertiary/aromatic N) is 1. The Morgan fingerprint density at radius 1 is 1.06 bits per heavy atom. The number of halogens is 2. The summed E-state index contributed by atoms with van der Waals surface area (Å²) >= 11 is 0. The minimum absolute atomic E-state index is 0.0907. The molecule has 2 aromatic rings. The normalized spacial score (nSPS) is 12.1. The van der Waals surface area contributed by atoms with Crippen LogP contribution >= 0.6 is 0 Å². The number of hydrogen-bond donors (Lipinski definition) is 0. The molecular weight excluding hydrogens is 208 g/mol. The van der Waals surface area contributed by atoms with Crippen LogP contribution in [0.5, 0.6) is 0 Å². The molecule has 3 heteroatoms. The molecule has 0 bridgehead atoms. The Morgan fingerprint density at radius 2 is 1.69 bits per heavy atom. The topological polar surface area (TPSA) is 12.9 Å². The third-order valence-electron chi connectivity index (χ3n) is 2.61. The van der Waals surface area contributed by atoms with Crippen LogP contribution in [-0.2, 0) is 5.41 Å². The van der Waals surface area contributed by atoms with Crippen molar-refractivity contribution in [1.82, 2.24) is 4.98 Å². The highest BCUT2D eigenvalue weighted by atomic mass is 19.1. The summed E-state index contributed by atoms with van der Waals surface area (Å²) < 4.78 is 26.9. The van der Waals surface area contributed by atoms with E-state index < -0.39 is 11.6 Å². The molecular formula is C13H13F2N. The summed E-state index contributed by atoms with van der Waals surface area (Å²) in [5, 5.41) is 0.243. The van der Waals surface area contributed by atoms with Gasteiger partial charge in [0.25, 0.3) is 0 Å². The smallest absolute Gasteiger partial charge is 0.149 e. The molecule has 0 aliphatic rings. The van der Waals surface area contributed by atoms with Gasteiger partial charge in [-0.25, -0.2) is 8.78 Å². The SMILES string of the molecule is CC(C)(C)c1cnc2c(F)ccc(F)c2c1. The Bertz CT molecular complexity index is 541. The maximum atomic E-state index is 13.5. The number of benzene rings is 1. The van der Waals surface area contributed by atoms with Crippen molar-refractivity contribution in [2.24, 2.45) is 0 Å².